The largest absolute Gasteiger partial charge is 0.380 e. The fourth-order valence-electron chi connectivity index (χ4n) is 2.45. The van der Waals surface area contributed by atoms with Gasteiger partial charge in [-0.1, -0.05) is 25.1 Å². The smallest absolute Gasteiger partial charge is 0.313 e. The minimum absolute atomic E-state index is 0.0205. The average molecular weight is 290 g/mol. The predicted octanol–water partition coefficient (Wildman–Crippen LogP) is 1.82. The number of para-hydroxylation sites is 1. The Morgan fingerprint density at radius 2 is 2.10 bits per heavy atom. The summed E-state index contributed by atoms with van der Waals surface area (Å²) in [6.45, 7) is 5.53. The van der Waals surface area contributed by atoms with Crippen LogP contribution in [0.4, 0.5) is 5.69 Å². The van der Waals surface area contributed by atoms with Crippen LogP contribution in [0.1, 0.15) is 25.8 Å². The number of ether oxygens (including phenoxy) is 1. The van der Waals surface area contributed by atoms with Gasteiger partial charge in [0.15, 0.2) is 0 Å². The lowest BCUT2D eigenvalue weighted by Crippen LogP contribution is -2.45. The molecular formula is C16H22N2O3. The summed E-state index contributed by atoms with van der Waals surface area (Å²) in [5.74, 6) is -1.07. The van der Waals surface area contributed by atoms with Crippen molar-refractivity contribution >= 4 is 17.5 Å². The highest BCUT2D eigenvalue weighted by molar-refractivity contribution is 6.39. The summed E-state index contributed by atoms with van der Waals surface area (Å²) in [7, 11) is 0. The number of anilines is 1. The molecule has 0 spiro atoms. The summed E-state index contributed by atoms with van der Waals surface area (Å²) in [5, 5.41) is 2.73. The highest BCUT2D eigenvalue weighted by Crippen LogP contribution is 2.16. The van der Waals surface area contributed by atoms with Crippen LogP contribution in [0.3, 0.4) is 0 Å². The number of aryl methyl sites for hydroxylation is 1. The predicted molar refractivity (Wildman–Crippen MR) is 81.1 cm³/mol. The molecule has 1 atom stereocenters. The Bertz CT molecular complexity index is 516. The van der Waals surface area contributed by atoms with E-state index in [-0.39, 0.29) is 6.04 Å². The Balaban J connectivity index is 2.06. The second kappa shape index (κ2) is 7.22. The van der Waals surface area contributed by atoms with E-state index in [1.54, 1.807) is 4.90 Å². The molecule has 21 heavy (non-hydrogen) atoms. The Hall–Kier alpha value is -1.88. The van der Waals surface area contributed by atoms with Gasteiger partial charge in [-0.05, 0) is 31.4 Å². The van der Waals surface area contributed by atoms with Gasteiger partial charge in [-0.25, -0.2) is 0 Å². The lowest BCUT2D eigenvalue weighted by molar-refractivity contribution is -0.144. The van der Waals surface area contributed by atoms with Gasteiger partial charge >= 0.3 is 11.8 Å². The zero-order valence-electron chi connectivity index (χ0n) is 12.6. The van der Waals surface area contributed by atoms with Crippen LogP contribution in [0, 0.1) is 0 Å². The first-order valence-corrected chi connectivity index (χ1v) is 7.41. The van der Waals surface area contributed by atoms with E-state index in [4.69, 9.17) is 4.74 Å². The van der Waals surface area contributed by atoms with Crippen LogP contribution in [0.2, 0.25) is 0 Å². The number of hydrogen-bond acceptors (Lipinski definition) is 3. The molecule has 1 aromatic carbocycles. The fraction of sp³-hybridized carbons (Fsp3) is 0.500. The van der Waals surface area contributed by atoms with Gasteiger partial charge in [-0.15, -0.1) is 0 Å². The highest BCUT2D eigenvalue weighted by atomic mass is 16.5. The Kier molecular flexibility index (Phi) is 5.33. The third-order valence-corrected chi connectivity index (χ3v) is 3.79. The van der Waals surface area contributed by atoms with E-state index in [0.717, 1.165) is 18.4 Å². The molecule has 1 fully saturated rings. The van der Waals surface area contributed by atoms with Crippen LogP contribution in [0.15, 0.2) is 24.3 Å². The summed E-state index contributed by atoms with van der Waals surface area (Å²) in [4.78, 5) is 26.1. The zero-order chi connectivity index (χ0) is 15.2. The standard InChI is InChI=1S/C16H22N2O3/c1-3-13-6-4-5-7-14(13)17-15(19)16(20)18-9-11-21-10-8-12(18)2/h4-7,12H,3,8-11H2,1-2H3,(H,17,19)/t12-/m1/s1. The molecule has 0 radical (unpaired) electrons. The third-order valence-electron chi connectivity index (χ3n) is 3.79. The Labute approximate surface area is 125 Å². The molecule has 1 saturated heterocycles. The van der Waals surface area contributed by atoms with Gasteiger partial charge in [-0.3, -0.25) is 9.59 Å². The molecule has 1 heterocycles. The van der Waals surface area contributed by atoms with Crippen molar-refractivity contribution in [1.82, 2.24) is 4.90 Å². The second-order valence-electron chi connectivity index (χ2n) is 5.21. The van der Waals surface area contributed by atoms with E-state index in [2.05, 4.69) is 5.32 Å². The van der Waals surface area contributed by atoms with Gasteiger partial charge in [0, 0.05) is 24.9 Å². The molecule has 114 valence electrons. The van der Waals surface area contributed by atoms with Crippen molar-refractivity contribution in [2.24, 2.45) is 0 Å². The zero-order valence-corrected chi connectivity index (χ0v) is 12.6. The maximum absolute atomic E-state index is 12.3. The number of nitrogens with one attached hydrogen (secondary N) is 1. The number of carbonyl (C=O) groups is 2. The average Bonchev–Trinajstić information content (AvgIpc) is 2.71. The highest BCUT2D eigenvalue weighted by Gasteiger charge is 2.27. The third kappa shape index (κ3) is 3.82. The van der Waals surface area contributed by atoms with Gasteiger partial charge in [0.1, 0.15) is 0 Å². The van der Waals surface area contributed by atoms with Crippen LogP contribution in [0.25, 0.3) is 0 Å². The van der Waals surface area contributed by atoms with Gasteiger partial charge in [0.25, 0.3) is 0 Å². The molecule has 1 aromatic rings. The van der Waals surface area contributed by atoms with Crippen molar-refractivity contribution in [2.45, 2.75) is 32.7 Å². The van der Waals surface area contributed by atoms with E-state index in [0.29, 0.717) is 25.4 Å². The SMILES string of the molecule is CCc1ccccc1NC(=O)C(=O)N1CCOCC[C@H]1C. The van der Waals surface area contributed by atoms with Gasteiger partial charge in [-0.2, -0.15) is 0 Å². The lowest BCUT2D eigenvalue weighted by Gasteiger charge is -2.25. The van der Waals surface area contributed by atoms with Crippen LogP contribution < -0.4 is 5.32 Å². The summed E-state index contributed by atoms with van der Waals surface area (Å²) in [6.07, 6.45) is 1.56. The molecule has 0 saturated carbocycles. The monoisotopic (exact) mass is 290 g/mol. The molecular weight excluding hydrogens is 268 g/mol. The number of amides is 2. The normalized spacial score (nSPS) is 19.0. The Morgan fingerprint density at radius 1 is 1.33 bits per heavy atom. The second-order valence-corrected chi connectivity index (χ2v) is 5.21. The number of carbonyl (C=O) groups excluding carboxylic acids is 2. The van der Waals surface area contributed by atoms with Crippen molar-refractivity contribution in [3.05, 3.63) is 29.8 Å². The summed E-state index contributed by atoms with van der Waals surface area (Å²) < 4.78 is 5.35. The molecule has 5 nitrogen and oxygen atoms in total. The Morgan fingerprint density at radius 3 is 2.86 bits per heavy atom. The summed E-state index contributed by atoms with van der Waals surface area (Å²) >= 11 is 0. The molecule has 1 aliphatic heterocycles. The maximum Gasteiger partial charge on any atom is 0.313 e. The first kappa shape index (κ1) is 15.5. The molecule has 2 rings (SSSR count). The maximum atomic E-state index is 12.3. The number of nitrogens with zero attached hydrogens (tertiary/aromatic N) is 1. The van der Waals surface area contributed by atoms with Gasteiger partial charge in [0.2, 0.25) is 0 Å². The first-order valence-electron chi connectivity index (χ1n) is 7.41. The van der Waals surface area contributed by atoms with Crippen LogP contribution >= 0.6 is 0 Å². The van der Waals surface area contributed by atoms with Crippen molar-refractivity contribution < 1.29 is 14.3 Å². The number of hydrogen-bond donors (Lipinski definition) is 1. The van der Waals surface area contributed by atoms with E-state index in [1.165, 1.54) is 0 Å². The van der Waals surface area contributed by atoms with Gasteiger partial charge < -0.3 is 15.0 Å². The molecule has 0 unspecified atom stereocenters. The number of rotatable bonds is 2. The molecule has 1 N–H and O–H groups in total. The topological polar surface area (TPSA) is 58.6 Å². The summed E-state index contributed by atoms with van der Waals surface area (Å²) in [5.41, 5.74) is 1.72. The van der Waals surface area contributed by atoms with E-state index >= 15 is 0 Å². The molecule has 2 amide bonds. The van der Waals surface area contributed by atoms with Crippen molar-refractivity contribution in [3.63, 3.8) is 0 Å². The van der Waals surface area contributed by atoms with Crippen molar-refractivity contribution in [2.75, 3.05) is 25.1 Å². The molecule has 5 heteroatoms. The van der Waals surface area contributed by atoms with E-state index in [1.807, 2.05) is 38.1 Å². The quantitative estimate of drug-likeness (QED) is 0.845. The first-order chi connectivity index (χ1) is 10.1. The fourth-order valence-corrected chi connectivity index (χ4v) is 2.45. The lowest BCUT2D eigenvalue weighted by atomic mass is 10.1. The summed E-state index contributed by atoms with van der Waals surface area (Å²) in [6, 6.07) is 7.56. The molecule has 0 aromatic heterocycles. The minimum Gasteiger partial charge on any atom is -0.380 e. The molecule has 1 aliphatic rings. The van der Waals surface area contributed by atoms with E-state index < -0.39 is 11.8 Å². The number of benzene rings is 1. The van der Waals surface area contributed by atoms with Gasteiger partial charge in [0.05, 0.1) is 6.61 Å². The van der Waals surface area contributed by atoms with Crippen molar-refractivity contribution in [1.29, 1.82) is 0 Å². The van der Waals surface area contributed by atoms with Crippen LogP contribution in [-0.2, 0) is 20.7 Å². The molecule has 0 bridgehead atoms. The van der Waals surface area contributed by atoms with Crippen molar-refractivity contribution in [3.8, 4) is 0 Å². The van der Waals surface area contributed by atoms with Crippen LogP contribution in [0.5, 0.6) is 0 Å². The van der Waals surface area contributed by atoms with Crippen LogP contribution in [-0.4, -0.2) is 42.5 Å². The minimum atomic E-state index is -0.579. The van der Waals surface area contributed by atoms with E-state index in [9.17, 15) is 9.59 Å². The molecule has 0 aliphatic carbocycles.